The molecule has 1 aliphatic heterocycles. The van der Waals surface area contributed by atoms with Crippen molar-refractivity contribution in [2.75, 3.05) is 13.6 Å². The zero-order valence-electron chi connectivity index (χ0n) is 19.4. The maximum Gasteiger partial charge on any atom is 0.269 e. The highest BCUT2D eigenvalue weighted by atomic mass is 16.1. The predicted molar refractivity (Wildman–Crippen MR) is 131 cm³/mol. The Morgan fingerprint density at radius 3 is 2.79 bits per heavy atom. The third-order valence-electron chi connectivity index (χ3n) is 6.59. The van der Waals surface area contributed by atoms with E-state index in [1.807, 2.05) is 13.0 Å². The molecule has 1 amide bonds. The van der Waals surface area contributed by atoms with E-state index in [9.17, 15) is 4.79 Å². The highest BCUT2D eigenvalue weighted by Crippen LogP contribution is 2.35. The van der Waals surface area contributed by atoms with Gasteiger partial charge in [0.25, 0.3) is 5.91 Å². The molecular weight excluding hydrogens is 410 g/mol. The van der Waals surface area contributed by atoms with E-state index in [1.165, 1.54) is 22.9 Å². The highest BCUT2D eigenvalue weighted by molar-refractivity contribution is 5.92. The van der Waals surface area contributed by atoms with Gasteiger partial charge in [-0.2, -0.15) is 0 Å². The lowest BCUT2D eigenvalue weighted by Gasteiger charge is -2.24. The summed E-state index contributed by atoms with van der Waals surface area (Å²) in [6, 6.07) is 16.9. The van der Waals surface area contributed by atoms with Gasteiger partial charge >= 0.3 is 0 Å². The van der Waals surface area contributed by atoms with E-state index in [0.717, 1.165) is 42.0 Å². The largest absolute Gasteiger partial charge is 0.354 e. The van der Waals surface area contributed by atoms with Crippen LogP contribution in [0.15, 0.2) is 60.9 Å². The van der Waals surface area contributed by atoms with Crippen molar-refractivity contribution in [2.45, 2.75) is 32.4 Å². The third-order valence-corrected chi connectivity index (χ3v) is 6.59. The topological polar surface area (TPSA) is 63.1 Å². The molecule has 1 atom stereocenters. The summed E-state index contributed by atoms with van der Waals surface area (Å²) in [7, 11) is 3.73. The van der Waals surface area contributed by atoms with Crippen molar-refractivity contribution >= 4 is 16.8 Å². The monoisotopic (exact) mass is 439 g/mol. The van der Waals surface area contributed by atoms with Crippen molar-refractivity contribution in [3.05, 3.63) is 83.6 Å². The number of carbonyl (C=O) groups is 1. The number of amides is 1. The number of benzene rings is 1. The van der Waals surface area contributed by atoms with Gasteiger partial charge < -0.3 is 9.88 Å². The van der Waals surface area contributed by atoms with Crippen LogP contribution in [0.1, 0.15) is 46.3 Å². The number of aromatic nitrogens is 3. The summed E-state index contributed by atoms with van der Waals surface area (Å²) in [4.78, 5) is 23.6. The van der Waals surface area contributed by atoms with Crippen molar-refractivity contribution in [2.24, 2.45) is 7.05 Å². The van der Waals surface area contributed by atoms with Crippen molar-refractivity contribution in [1.29, 1.82) is 0 Å². The molecule has 1 fully saturated rings. The molecule has 4 heterocycles. The van der Waals surface area contributed by atoms with Crippen LogP contribution in [0.3, 0.4) is 0 Å². The zero-order valence-corrected chi connectivity index (χ0v) is 19.4. The molecule has 1 saturated heterocycles. The van der Waals surface area contributed by atoms with Gasteiger partial charge in [-0.25, -0.2) is 0 Å². The molecule has 5 rings (SSSR count). The Labute approximate surface area is 194 Å². The molecule has 0 unspecified atom stereocenters. The summed E-state index contributed by atoms with van der Waals surface area (Å²) >= 11 is 0. The van der Waals surface area contributed by atoms with Crippen LogP contribution in [0.2, 0.25) is 0 Å². The van der Waals surface area contributed by atoms with Gasteiger partial charge in [0.15, 0.2) is 0 Å². The number of hydrogen-bond donors (Lipinski definition) is 1. The first-order valence-corrected chi connectivity index (χ1v) is 11.5. The number of nitrogens with zero attached hydrogens (tertiary/aromatic N) is 4. The van der Waals surface area contributed by atoms with E-state index in [1.54, 1.807) is 19.3 Å². The standard InChI is InChI=1S/C27H29N5O/c1-18-13-20(19-10-11-23(29-15-19)27(33)28-2)14-24(30-18)26-9-6-12-32(26)17-21-16-31(3)25-8-5-4-7-22(21)25/h4-5,7-8,10-11,13-16,26H,6,9,12,17H2,1-3H3,(H,28,33)/t26-/m1/s1. The molecule has 1 N–H and O–H groups in total. The fourth-order valence-electron chi connectivity index (χ4n) is 4.98. The Morgan fingerprint density at radius 2 is 2.00 bits per heavy atom. The Balaban J connectivity index is 1.43. The van der Waals surface area contributed by atoms with Crippen LogP contribution in [0.4, 0.5) is 0 Å². The lowest BCUT2D eigenvalue weighted by atomic mass is 10.0. The minimum absolute atomic E-state index is 0.178. The van der Waals surface area contributed by atoms with Gasteiger partial charge in [-0.3, -0.25) is 19.7 Å². The number of rotatable bonds is 5. The molecule has 0 spiro atoms. The number of carbonyl (C=O) groups excluding carboxylic acids is 1. The lowest BCUT2D eigenvalue weighted by Crippen LogP contribution is -2.23. The van der Waals surface area contributed by atoms with Crippen LogP contribution in [0.5, 0.6) is 0 Å². The Bertz CT molecular complexity index is 1310. The summed E-state index contributed by atoms with van der Waals surface area (Å²) in [5.41, 5.74) is 7.24. The summed E-state index contributed by atoms with van der Waals surface area (Å²) in [6.07, 6.45) is 6.30. The van der Waals surface area contributed by atoms with Gasteiger partial charge in [0.05, 0.1) is 11.7 Å². The molecule has 0 bridgehead atoms. The predicted octanol–water partition coefficient (Wildman–Crippen LogP) is 4.64. The fraction of sp³-hybridized carbons (Fsp3) is 0.296. The van der Waals surface area contributed by atoms with E-state index < -0.39 is 0 Å². The van der Waals surface area contributed by atoms with Gasteiger partial charge in [0.2, 0.25) is 0 Å². The first-order valence-electron chi connectivity index (χ1n) is 11.5. The molecular formula is C27H29N5O. The van der Waals surface area contributed by atoms with Crippen LogP contribution in [0, 0.1) is 6.92 Å². The van der Waals surface area contributed by atoms with Gasteiger partial charge in [-0.15, -0.1) is 0 Å². The molecule has 0 radical (unpaired) electrons. The number of pyridine rings is 2. The summed E-state index contributed by atoms with van der Waals surface area (Å²) < 4.78 is 2.22. The minimum atomic E-state index is -0.178. The van der Waals surface area contributed by atoms with Crippen molar-refractivity contribution < 1.29 is 4.79 Å². The minimum Gasteiger partial charge on any atom is -0.354 e. The maximum absolute atomic E-state index is 11.8. The highest BCUT2D eigenvalue weighted by Gasteiger charge is 2.28. The Hall–Kier alpha value is -3.51. The molecule has 6 heteroatoms. The number of fused-ring (bicyclic) bond motifs is 1. The third kappa shape index (κ3) is 4.14. The second kappa shape index (κ2) is 8.79. The molecule has 3 aromatic heterocycles. The first-order chi connectivity index (χ1) is 16.0. The van der Waals surface area contributed by atoms with E-state index in [2.05, 4.69) is 69.4 Å². The second-order valence-electron chi connectivity index (χ2n) is 8.84. The smallest absolute Gasteiger partial charge is 0.269 e. The molecule has 1 aromatic carbocycles. The van der Waals surface area contributed by atoms with Crippen LogP contribution in [-0.4, -0.2) is 38.9 Å². The number of hydrogen-bond acceptors (Lipinski definition) is 4. The van der Waals surface area contributed by atoms with Gasteiger partial charge in [-0.05, 0) is 61.7 Å². The lowest BCUT2D eigenvalue weighted by molar-refractivity contribution is 0.0958. The second-order valence-corrected chi connectivity index (χ2v) is 8.84. The molecule has 33 heavy (non-hydrogen) atoms. The molecule has 0 aliphatic carbocycles. The van der Waals surface area contributed by atoms with Crippen molar-refractivity contribution in [1.82, 2.24) is 24.8 Å². The van der Waals surface area contributed by atoms with Gasteiger partial charge in [0, 0.05) is 55.2 Å². The summed E-state index contributed by atoms with van der Waals surface area (Å²) in [5, 5.41) is 3.94. The van der Waals surface area contributed by atoms with E-state index in [4.69, 9.17) is 4.98 Å². The number of aryl methyl sites for hydroxylation is 2. The summed E-state index contributed by atoms with van der Waals surface area (Å²) in [6.45, 7) is 4.03. The van der Waals surface area contributed by atoms with Crippen LogP contribution < -0.4 is 5.32 Å². The van der Waals surface area contributed by atoms with Gasteiger partial charge in [0.1, 0.15) is 5.69 Å². The molecule has 4 aromatic rings. The van der Waals surface area contributed by atoms with Gasteiger partial charge in [-0.1, -0.05) is 24.3 Å². The molecule has 1 aliphatic rings. The first kappa shape index (κ1) is 21.3. The fourth-order valence-corrected chi connectivity index (χ4v) is 4.98. The van der Waals surface area contributed by atoms with Crippen LogP contribution in [0.25, 0.3) is 22.0 Å². The molecule has 6 nitrogen and oxygen atoms in total. The average molecular weight is 440 g/mol. The maximum atomic E-state index is 11.8. The number of para-hydroxylation sites is 1. The average Bonchev–Trinajstić information content (AvgIpc) is 3.43. The Morgan fingerprint density at radius 1 is 1.15 bits per heavy atom. The van der Waals surface area contributed by atoms with E-state index in [-0.39, 0.29) is 5.91 Å². The number of likely N-dealkylation sites (tertiary alicyclic amines) is 1. The van der Waals surface area contributed by atoms with Crippen molar-refractivity contribution in [3.63, 3.8) is 0 Å². The molecule has 0 saturated carbocycles. The van der Waals surface area contributed by atoms with Crippen molar-refractivity contribution in [3.8, 4) is 11.1 Å². The van der Waals surface area contributed by atoms with E-state index in [0.29, 0.717) is 11.7 Å². The van der Waals surface area contributed by atoms with Crippen LogP contribution >= 0.6 is 0 Å². The molecule has 168 valence electrons. The SMILES string of the molecule is CNC(=O)c1ccc(-c2cc(C)nc([C@H]3CCCN3Cc3cn(C)c4ccccc34)c2)cn1. The normalized spacial score (nSPS) is 16.4. The summed E-state index contributed by atoms with van der Waals surface area (Å²) in [5.74, 6) is -0.178. The number of nitrogens with one attached hydrogen (secondary N) is 1. The Kier molecular flexibility index (Phi) is 5.68. The van der Waals surface area contributed by atoms with Crippen LogP contribution in [-0.2, 0) is 13.6 Å². The zero-order chi connectivity index (χ0) is 22.9. The van der Waals surface area contributed by atoms with E-state index >= 15 is 0 Å². The quantitative estimate of drug-likeness (QED) is 0.492.